The minimum absolute atomic E-state index is 0.202. The molecular formula is C18H13N3O2S. The van der Waals surface area contributed by atoms with E-state index < -0.39 is 12.1 Å². The summed E-state index contributed by atoms with van der Waals surface area (Å²) in [6.07, 6.45) is 0. The molecule has 3 aliphatic rings. The van der Waals surface area contributed by atoms with Gasteiger partial charge < -0.3 is 4.90 Å². The SMILES string of the molecule is Cc1cccc(N2C(=O)[C@H]3N=C4Sc5ccccc5N4[C@@H]3C2=O)c1. The van der Waals surface area contributed by atoms with Gasteiger partial charge in [-0.05, 0) is 48.5 Å². The number of para-hydroxylation sites is 1. The first-order valence-electron chi connectivity index (χ1n) is 7.73. The van der Waals surface area contributed by atoms with Crippen molar-refractivity contribution in [3.05, 3.63) is 54.1 Å². The zero-order valence-electron chi connectivity index (χ0n) is 12.8. The van der Waals surface area contributed by atoms with E-state index >= 15 is 0 Å². The van der Waals surface area contributed by atoms with Crippen molar-refractivity contribution in [3.63, 3.8) is 0 Å². The van der Waals surface area contributed by atoms with E-state index in [-0.39, 0.29) is 11.8 Å². The molecule has 5 rings (SSSR count). The average molecular weight is 335 g/mol. The van der Waals surface area contributed by atoms with Crippen LogP contribution in [0.15, 0.2) is 58.4 Å². The minimum Gasteiger partial charge on any atom is -0.304 e. The first-order valence-corrected chi connectivity index (χ1v) is 8.55. The highest BCUT2D eigenvalue weighted by molar-refractivity contribution is 8.14. The molecule has 2 aromatic rings. The lowest BCUT2D eigenvalue weighted by molar-refractivity contribution is -0.121. The van der Waals surface area contributed by atoms with Crippen molar-refractivity contribution in [1.29, 1.82) is 0 Å². The number of amidine groups is 1. The lowest BCUT2D eigenvalue weighted by Gasteiger charge is -2.21. The van der Waals surface area contributed by atoms with Gasteiger partial charge in [0.15, 0.2) is 11.2 Å². The van der Waals surface area contributed by atoms with Gasteiger partial charge in [-0.1, -0.05) is 24.3 Å². The van der Waals surface area contributed by atoms with Crippen molar-refractivity contribution in [2.24, 2.45) is 4.99 Å². The average Bonchev–Trinajstić information content (AvgIpc) is 3.16. The summed E-state index contributed by atoms with van der Waals surface area (Å²) in [6.45, 7) is 1.94. The highest BCUT2D eigenvalue weighted by Gasteiger charge is 2.57. The monoisotopic (exact) mass is 335 g/mol. The molecule has 2 amide bonds. The van der Waals surface area contributed by atoms with Crippen LogP contribution in [-0.4, -0.2) is 29.1 Å². The Balaban J connectivity index is 1.59. The van der Waals surface area contributed by atoms with E-state index in [0.717, 1.165) is 21.3 Å². The Labute approximate surface area is 143 Å². The van der Waals surface area contributed by atoms with Gasteiger partial charge in [-0.2, -0.15) is 0 Å². The number of nitrogens with zero attached hydrogens (tertiary/aromatic N) is 3. The minimum atomic E-state index is -0.645. The van der Waals surface area contributed by atoms with Crippen molar-refractivity contribution < 1.29 is 9.59 Å². The van der Waals surface area contributed by atoms with E-state index in [4.69, 9.17) is 0 Å². The smallest absolute Gasteiger partial charge is 0.261 e. The molecule has 0 saturated carbocycles. The molecule has 0 N–H and O–H groups in total. The Hall–Kier alpha value is -2.60. The molecule has 0 bridgehead atoms. The van der Waals surface area contributed by atoms with Crippen molar-refractivity contribution in [3.8, 4) is 0 Å². The molecular weight excluding hydrogens is 322 g/mol. The molecule has 3 heterocycles. The maximum Gasteiger partial charge on any atom is 0.261 e. The highest BCUT2D eigenvalue weighted by atomic mass is 32.2. The first-order chi connectivity index (χ1) is 11.6. The Kier molecular flexibility index (Phi) is 2.71. The number of aryl methyl sites for hydroxylation is 1. The van der Waals surface area contributed by atoms with Crippen molar-refractivity contribution in [2.45, 2.75) is 23.9 Å². The van der Waals surface area contributed by atoms with Gasteiger partial charge in [-0.25, -0.2) is 9.89 Å². The Morgan fingerprint density at radius 1 is 1.04 bits per heavy atom. The number of hydrogen-bond acceptors (Lipinski definition) is 5. The summed E-state index contributed by atoms with van der Waals surface area (Å²) in [5.41, 5.74) is 2.59. The zero-order valence-corrected chi connectivity index (χ0v) is 13.7. The molecule has 0 unspecified atom stereocenters. The van der Waals surface area contributed by atoms with Crippen molar-refractivity contribution in [1.82, 2.24) is 0 Å². The number of carbonyl (C=O) groups excluding carboxylic acids is 2. The largest absolute Gasteiger partial charge is 0.304 e. The molecule has 2 aromatic carbocycles. The molecule has 6 heteroatoms. The van der Waals surface area contributed by atoms with Crippen molar-refractivity contribution >= 4 is 40.1 Å². The van der Waals surface area contributed by atoms with Crippen LogP contribution in [0.4, 0.5) is 11.4 Å². The third-order valence-corrected chi connectivity index (χ3v) is 5.62. The van der Waals surface area contributed by atoms with Gasteiger partial charge in [-0.15, -0.1) is 0 Å². The number of amides is 2. The summed E-state index contributed by atoms with van der Waals surface area (Å²) >= 11 is 1.52. The van der Waals surface area contributed by atoms with Crippen LogP contribution >= 0.6 is 11.8 Å². The maximum atomic E-state index is 13.0. The molecule has 1 fully saturated rings. The Bertz CT molecular complexity index is 939. The fourth-order valence-electron chi connectivity index (χ4n) is 3.51. The second kappa shape index (κ2) is 4.70. The molecule has 5 nitrogen and oxygen atoms in total. The number of benzene rings is 2. The van der Waals surface area contributed by atoms with Crippen LogP contribution < -0.4 is 9.80 Å². The molecule has 0 spiro atoms. The van der Waals surface area contributed by atoms with Crippen LogP contribution in [0.1, 0.15) is 5.56 Å². The van der Waals surface area contributed by atoms with Gasteiger partial charge in [0.25, 0.3) is 11.8 Å². The normalized spacial score (nSPS) is 24.1. The van der Waals surface area contributed by atoms with Crippen LogP contribution in [0, 0.1) is 6.92 Å². The number of hydrogen-bond donors (Lipinski definition) is 0. The van der Waals surface area contributed by atoms with Crippen LogP contribution in [0.2, 0.25) is 0 Å². The summed E-state index contributed by atoms with van der Waals surface area (Å²) < 4.78 is 0. The standard InChI is InChI=1S/C18H13N3O2S/c1-10-5-4-6-11(9-10)20-16(22)14-15(17(20)23)21-12-7-2-3-8-13(12)24-18(21)19-14/h2-9,14-15H,1H3/t14-,15-/m0/s1. The molecule has 24 heavy (non-hydrogen) atoms. The van der Waals surface area contributed by atoms with E-state index in [0.29, 0.717) is 5.69 Å². The molecule has 0 aromatic heterocycles. The van der Waals surface area contributed by atoms with Gasteiger partial charge in [0.1, 0.15) is 6.04 Å². The lowest BCUT2D eigenvalue weighted by Crippen LogP contribution is -2.42. The maximum absolute atomic E-state index is 13.0. The van der Waals surface area contributed by atoms with E-state index in [1.54, 1.807) is 6.07 Å². The topological polar surface area (TPSA) is 53.0 Å². The molecule has 2 atom stereocenters. The van der Waals surface area contributed by atoms with Crippen molar-refractivity contribution in [2.75, 3.05) is 9.80 Å². The number of rotatable bonds is 1. The predicted octanol–water partition coefficient (Wildman–Crippen LogP) is 2.59. The fraction of sp³-hybridized carbons (Fsp3) is 0.167. The van der Waals surface area contributed by atoms with Crippen LogP contribution in [-0.2, 0) is 9.59 Å². The number of thioether (sulfide) groups is 1. The second-order valence-electron chi connectivity index (χ2n) is 6.09. The lowest BCUT2D eigenvalue weighted by atomic mass is 10.1. The molecule has 118 valence electrons. The van der Waals surface area contributed by atoms with Gasteiger partial charge in [0.05, 0.1) is 11.4 Å². The summed E-state index contributed by atoms with van der Waals surface area (Å²) in [5, 5.41) is 0.747. The van der Waals surface area contributed by atoms with Gasteiger partial charge >= 0.3 is 0 Å². The molecule has 1 saturated heterocycles. The third-order valence-electron chi connectivity index (χ3n) is 4.57. The van der Waals surface area contributed by atoms with Crippen LogP contribution in [0.25, 0.3) is 0 Å². The summed E-state index contributed by atoms with van der Waals surface area (Å²) in [5.74, 6) is -0.442. The third kappa shape index (κ3) is 1.69. The first kappa shape index (κ1) is 13.8. The van der Waals surface area contributed by atoms with Crippen LogP contribution in [0.5, 0.6) is 0 Å². The Morgan fingerprint density at radius 2 is 1.88 bits per heavy atom. The van der Waals surface area contributed by atoms with Gasteiger partial charge in [0, 0.05) is 4.90 Å². The van der Waals surface area contributed by atoms with E-state index in [2.05, 4.69) is 4.99 Å². The number of imide groups is 1. The second-order valence-corrected chi connectivity index (χ2v) is 7.10. The van der Waals surface area contributed by atoms with E-state index in [1.165, 1.54) is 16.7 Å². The molecule has 3 aliphatic heterocycles. The van der Waals surface area contributed by atoms with Crippen LogP contribution in [0.3, 0.4) is 0 Å². The molecule has 0 aliphatic carbocycles. The number of aliphatic imine (C=N–C) groups is 1. The number of anilines is 2. The van der Waals surface area contributed by atoms with E-state index in [1.807, 2.05) is 54.3 Å². The summed E-state index contributed by atoms with van der Waals surface area (Å²) in [4.78, 5) is 34.7. The summed E-state index contributed by atoms with van der Waals surface area (Å²) in [6, 6.07) is 14.1. The fourth-order valence-corrected chi connectivity index (χ4v) is 4.60. The van der Waals surface area contributed by atoms with Gasteiger partial charge in [-0.3, -0.25) is 9.59 Å². The quantitative estimate of drug-likeness (QED) is 0.752. The number of carbonyl (C=O) groups is 2. The van der Waals surface area contributed by atoms with E-state index in [9.17, 15) is 9.59 Å². The Morgan fingerprint density at radius 3 is 2.71 bits per heavy atom. The molecule has 0 radical (unpaired) electrons. The summed E-state index contributed by atoms with van der Waals surface area (Å²) in [7, 11) is 0. The van der Waals surface area contributed by atoms with Gasteiger partial charge in [0.2, 0.25) is 0 Å². The number of fused-ring (bicyclic) bond motifs is 5. The highest BCUT2D eigenvalue weighted by Crippen LogP contribution is 2.47. The predicted molar refractivity (Wildman–Crippen MR) is 93.5 cm³/mol. The zero-order chi connectivity index (χ0) is 16.4.